The minimum absolute atomic E-state index is 0.0752. The standard InChI is InChI=1S/C25H22ClF3N4/c26-16-2-7-19-22(14-16)32-12-9-23(19)33(18-5-3-17(30)4-6-18)24-10-11-31-21-8-1-15(13-20(21)24)25(27,28)29/h1-2,7-14,17-18H,3-6,30H2. The Kier molecular flexibility index (Phi) is 5.62. The Balaban J connectivity index is 1.75. The summed E-state index contributed by atoms with van der Waals surface area (Å²) >= 11 is 6.19. The van der Waals surface area contributed by atoms with Gasteiger partial charge in [-0.25, -0.2) is 0 Å². The van der Waals surface area contributed by atoms with Gasteiger partial charge < -0.3 is 10.6 Å². The van der Waals surface area contributed by atoms with Crippen LogP contribution in [0, 0.1) is 0 Å². The first-order valence-corrected chi connectivity index (χ1v) is 11.2. The molecule has 1 saturated carbocycles. The van der Waals surface area contributed by atoms with Gasteiger partial charge in [0.1, 0.15) is 0 Å². The van der Waals surface area contributed by atoms with Crippen molar-refractivity contribution in [2.24, 2.45) is 5.73 Å². The van der Waals surface area contributed by atoms with Crippen LogP contribution in [0.2, 0.25) is 5.02 Å². The zero-order valence-electron chi connectivity index (χ0n) is 17.7. The van der Waals surface area contributed by atoms with Gasteiger partial charge in [0.2, 0.25) is 0 Å². The lowest BCUT2D eigenvalue weighted by Gasteiger charge is -2.38. The molecule has 2 heterocycles. The van der Waals surface area contributed by atoms with Crippen LogP contribution in [0.5, 0.6) is 0 Å². The number of rotatable bonds is 3. The molecule has 5 rings (SSSR count). The summed E-state index contributed by atoms with van der Waals surface area (Å²) in [5.74, 6) is 0. The summed E-state index contributed by atoms with van der Waals surface area (Å²) in [5, 5.41) is 1.92. The normalized spacial score (nSPS) is 19.2. The van der Waals surface area contributed by atoms with E-state index in [1.165, 1.54) is 12.1 Å². The highest BCUT2D eigenvalue weighted by Gasteiger charge is 2.32. The molecule has 4 nitrogen and oxygen atoms in total. The van der Waals surface area contributed by atoms with Crippen molar-refractivity contribution >= 4 is 44.8 Å². The summed E-state index contributed by atoms with van der Waals surface area (Å²) < 4.78 is 40.6. The van der Waals surface area contributed by atoms with Crippen LogP contribution in [0.3, 0.4) is 0 Å². The highest BCUT2D eigenvalue weighted by Crippen LogP contribution is 2.42. The molecule has 8 heteroatoms. The van der Waals surface area contributed by atoms with Crippen LogP contribution in [-0.2, 0) is 6.18 Å². The molecule has 0 unspecified atom stereocenters. The van der Waals surface area contributed by atoms with Crippen molar-refractivity contribution < 1.29 is 13.2 Å². The predicted molar refractivity (Wildman–Crippen MR) is 126 cm³/mol. The van der Waals surface area contributed by atoms with E-state index in [2.05, 4.69) is 14.9 Å². The number of nitrogens with zero attached hydrogens (tertiary/aromatic N) is 3. The van der Waals surface area contributed by atoms with E-state index in [1.807, 2.05) is 12.1 Å². The molecule has 0 radical (unpaired) electrons. The second kappa shape index (κ2) is 8.47. The van der Waals surface area contributed by atoms with E-state index < -0.39 is 11.7 Å². The van der Waals surface area contributed by atoms with Crippen LogP contribution >= 0.6 is 11.6 Å². The molecular weight excluding hydrogens is 449 g/mol. The highest BCUT2D eigenvalue weighted by atomic mass is 35.5. The molecule has 0 aliphatic heterocycles. The minimum Gasteiger partial charge on any atom is -0.337 e. The van der Waals surface area contributed by atoms with E-state index in [0.29, 0.717) is 21.6 Å². The first-order chi connectivity index (χ1) is 15.8. The molecule has 0 bridgehead atoms. The number of pyridine rings is 2. The highest BCUT2D eigenvalue weighted by molar-refractivity contribution is 6.31. The number of anilines is 2. The number of hydrogen-bond acceptors (Lipinski definition) is 4. The van der Waals surface area contributed by atoms with Crippen molar-refractivity contribution in [2.45, 2.75) is 43.9 Å². The second-order valence-electron chi connectivity index (χ2n) is 8.49. The summed E-state index contributed by atoms with van der Waals surface area (Å²) in [4.78, 5) is 10.9. The van der Waals surface area contributed by atoms with Crippen LogP contribution < -0.4 is 10.6 Å². The third-order valence-corrected chi connectivity index (χ3v) is 6.59. The van der Waals surface area contributed by atoms with Gasteiger partial charge in [-0.3, -0.25) is 9.97 Å². The Morgan fingerprint density at radius 3 is 2.18 bits per heavy atom. The largest absolute Gasteiger partial charge is 0.416 e. The van der Waals surface area contributed by atoms with Crippen LogP contribution in [0.1, 0.15) is 31.2 Å². The molecule has 1 fully saturated rings. The zero-order chi connectivity index (χ0) is 23.2. The summed E-state index contributed by atoms with van der Waals surface area (Å²) in [6, 6.07) is 13.1. The zero-order valence-corrected chi connectivity index (χ0v) is 18.4. The topological polar surface area (TPSA) is 55.0 Å². The van der Waals surface area contributed by atoms with E-state index >= 15 is 0 Å². The van der Waals surface area contributed by atoms with Gasteiger partial charge in [-0.15, -0.1) is 0 Å². The van der Waals surface area contributed by atoms with Crippen molar-refractivity contribution in [3.05, 3.63) is 71.5 Å². The quantitative estimate of drug-likeness (QED) is 0.355. The minimum atomic E-state index is -4.44. The maximum absolute atomic E-state index is 13.5. The van der Waals surface area contributed by atoms with Gasteiger partial charge in [0.25, 0.3) is 0 Å². The van der Waals surface area contributed by atoms with Gasteiger partial charge in [0, 0.05) is 40.3 Å². The number of alkyl halides is 3. The molecule has 0 atom stereocenters. The summed E-state index contributed by atoms with van der Waals surface area (Å²) in [7, 11) is 0. The molecule has 2 aromatic carbocycles. The third-order valence-electron chi connectivity index (χ3n) is 6.35. The van der Waals surface area contributed by atoms with Gasteiger partial charge in [-0.1, -0.05) is 11.6 Å². The average molecular weight is 471 g/mol. The molecule has 0 amide bonds. The SMILES string of the molecule is NC1CCC(N(c2ccnc3cc(Cl)ccc23)c2ccnc3ccc(C(F)(F)F)cc23)CC1. The van der Waals surface area contributed by atoms with Crippen molar-refractivity contribution in [1.29, 1.82) is 0 Å². The van der Waals surface area contributed by atoms with Crippen molar-refractivity contribution in [3.63, 3.8) is 0 Å². The lowest BCUT2D eigenvalue weighted by Crippen LogP contribution is -2.38. The fraction of sp³-hybridized carbons (Fsp3) is 0.280. The molecule has 170 valence electrons. The number of aromatic nitrogens is 2. The van der Waals surface area contributed by atoms with Gasteiger partial charge >= 0.3 is 6.18 Å². The Labute approximate surface area is 194 Å². The molecule has 33 heavy (non-hydrogen) atoms. The van der Waals surface area contributed by atoms with Crippen LogP contribution in [-0.4, -0.2) is 22.1 Å². The lowest BCUT2D eigenvalue weighted by molar-refractivity contribution is -0.137. The van der Waals surface area contributed by atoms with Gasteiger partial charge in [0.05, 0.1) is 28.0 Å². The number of halogens is 4. The Morgan fingerprint density at radius 2 is 1.48 bits per heavy atom. The molecule has 2 N–H and O–H groups in total. The molecular formula is C25H22ClF3N4. The fourth-order valence-corrected chi connectivity index (χ4v) is 4.88. The van der Waals surface area contributed by atoms with E-state index in [0.717, 1.165) is 48.3 Å². The Morgan fingerprint density at radius 1 is 0.818 bits per heavy atom. The van der Waals surface area contributed by atoms with Crippen molar-refractivity contribution in [2.75, 3.05) is 4.90 Å². The number of nitrogens with two attached hydrogens (primary N) is 1. The number of hydrogen-bond donors (Lipinski definition) is 1. The monoisotopic (exact) mass is 470 g/mol. The molecule has 0 saturated heterocycles. The average Bonchev–Trinajstić information content (AvgIpc) is 2.79. The van der Waals surface area contributed by atoms with Gasteiger partial charge in [-0.2, -0.15) is 13.2 Å². The van der Waals surface area contributed by atoms with E-state index in [9.17, 15) is 13.2 Å². The van der Waals surface area contributed by atoms with Crippen LogP contribution in [0.25, 0.3) is 21.8 Å². The molecule has 2 aromatic heterocycles. The summed E-state index contributed by atoms with van der Waals surface area (Å²) in [5.41, 5.74) is 8.28. The smallest absolute Gasteiger partial charge is 0.337 e. The first-order valence-electron chi connectivity index (χ1n) is 10.9. The van der Waals surface area contributed by atoms with E-state index in [-0.39, 0.29) is 12.1 Å². The van der Waals surface area contributed by atoms with Gasteiger partial charge in [0.15, 0.2) is 0 Å². The Bertz CT molecular complexity index is 1320. The van der Waals surface area contributed by atoms with Gasteiger partial charge in [-0.05, 0) is 74.2 Å². The molecule has 1 aliphatic rings. The maximum Gasteiger partial charge on any atom is 0.416 e. The summed E-state index contributed by atoms with van der Waals surface area (Å²) in [6.07, 6.45) is 2.29. The van der Waals surface area contributed by atoms with E-state index in [4.69, 9.17) is 17.3 Å². The maximum atomic E-state index is 13.5. The van der Waals surface area contributed by atoms with Crippen molar-refractivity contribution in [1.82, 2.24) is 9.97 Å². The molecule has 0 spiro atoms. The van der Waals surface area contributed by atoms with Crippen LogP contribution in [0.15, 0.2) is 60.9 Å². The summed E-state index contributed by atoms with van der Waals surface area (Å²) in [6.45, 7) is 0. The lowest BCUT2D eigenvalue weighted by atomic mass is 9.89. The Hall–Kier alpha value is -2.90. The predicted octanol–water partition coefficient (Wildman–Crippen LogP) is 6.86. The van der Waals surface area contributed by atoms with Crippen molar-refractivity contribution in [3.8, 4) is 0 Å². The number of benzene rings is 2. The second-order valence-corrected chi connectivity index (χ2v) is 8.93. The molecule has 1 aliphatic carbocycles. The first kappa shape index (κ1) is 21.9. The third kappa shape index (κ3) is 4.23. The van der Waals surface area contributed by atoms with E-state index in [1.54, 1.807) is 30.6 Å². The van der Waals surface area contributed by atoms with Crippen LogP contribution in [0.4, 0.5) is 24.5 Å². The number of fused-ring (bicyclic) bond motifs is 2. The molecule has 4 aromatic rings. The fourth-order valence-electron chi connectivity index (χ4n) is 4.72.